The van der Waals surface area contributed by atoms with Gasteiger partial charge in [0.2, 0.25) is 5.91 Å². The van der Waals surface area contributed by atoms with Crippen LogP contribution in [0.1, 0.15) is 4.88 Å². The van der Waals surface area contributed by atoms with Crippen LogP contribution >= 0.6 is 27.3 Å². The Hall–Kier alpha value is -1.59. The highest BCUT2D eigenvalue weighted by atomic mass is 79.9. The molecular formula is C13H10BrNO2S. The van der Waals surface area contributed by atoms with E-state index in [0.29, 0.717) is 5.69 Å². The molecule has 1 heterocycles. The minimum atomic E-state index is -0.231. The Morgan fingerprint density at radius 3 is 2.83 bits per heavy atom. The molecule has 0 spiro atoms. The number of nitrogens with one attached hydrogen (secondary N) is 1. The zero-order valence-corrected chi connectivity index (χ0v) is 11.7. The number of hydrogen-bond donors (Lipinski definition) is 2. The average Bonchev–Trinajstić information content (AvgIpc) is 2.73. The molecule has 0 fully saturated rings. The van der Waals surface area contributed by atoms with Crippen molar-refractivity contribution >= 4 is 44.9 Å². The zero-order valence-electron chi connectivity index (χ0n) is 9.26. The molecule has 5 heteroatoms. The van der Waals surface area contributed by atoms with E-state index >= 15 is 0 Å². The molecule has 0 atom stereocenters. The Morgan fingerprint density at radius 1 is 1.33 bits per heavy atom. The number of phenolic OH excluding ortho intramolecular Hbond substituents is 1. The van der Waals surface area contributed by atoms with Gasteiger partial charge in [0.1, 0.15) is 5.75 Å². The maximum absolute atomic E-state index is 11.6. The molecule has 2 rings (SSSR count). The van der Waals surface area contributed by atoms with E-state index < -0.39 is 0 Å². The van der Waals surface area contributed by atoms with Gasteiger partial charge in [0.05, 0.1) is 3.79 Å². The summed E-state index contributed by atoms with van der Waals surface area (Å²) < 4.78 is 1.02. The number of anilines is 1. The van der Waals surface area contributed by atoms with Crippen LogP contribution in [0.2, 0.25) is 0 Å². The summed E-state index contributed by atoms with van der Waals surface area (Å²) in [6.45, 7) is 0. The minimum absolute atomic E-state index is 0.124. The summed E-state index contributed by atoms with van der Waals surface area (Å²) in [7, 11) is 0. The third-order valence-electron chi connectivity index (χ3n) is 2.11. The molecule has 0 saturated heterocycles. The first-order valence-corrected chi connectivity index (χ1v) is 6.78. The summed E-state index contributed by atoms with van der Waals surface area (Å²) >= 11 is 4.91. The van der Waals surface area contributed by atoms with Crippen molar-refractivity contribution in [1.29, 1.82) is 0 Å². The van der Waals surface area contributed by atoms with Gasteiger partial charge in [0, 0.05) is 22.7 Å². The Labute approximate surface area is 117 Å². The van der Waals surface area contributed by atoms with E-state index in [0.717, 1.165) is 8.66 Å². The van der Waals surface area contributed by atoms with E-state index in [2.05, 4.69) is 21.2 Å². The molecule has 2 aromatic rings. The summed E-state index contributed by atoms with van der Waals surface area (Å²) in [5.41, 5.74) is 0.567. The highest BCUT2D eigenvalue weighted by molar-refractivity contribution is 9.11. The van der Waals surface area contributed by atoms with Crippen LogP contribution in [0.15, 0.2) is 46.3 Å². The Bertz CT molecular complexity index is 592. The number of carbonyl (C=O) groups is 1. The topological polar surface area (TPSA) is 49.3 Å². The van der Waals surface area contributed by atoms with Crippen LogP contribution in [0.25, 0.3) is 6.08 Å². The van der Waals surface area contributed by atoms with Gasteiger partial charge in [-0.15, -0.1) is 11.3 Å². The van der Waals surface area contributed by atoms with Crippen molar-refractivity contribution in [1.82, 2.24) is 0 Å². The highest BCUT2D eigenvalue weighted by Gasteiger charge is 1.99. The third kappa shape index (κ3) is 3.72. The molecule has 1 amide bonds. The van der Waals surface area contributed by atoms with Crippen molar-refractivity contribution in [2.75, 3.05) is 5.32 Å². The van der Waals surface area contributed by atoms with Gasteiger partial charge in [-0.25, -0.2) is 0 Å². The van der Waals surface area contributed by atoms with Gasteiger partial charge in [-0.3, -0.25) is 4.79 Å². The molecule has 0 saturated carbocycles. The lowest BCUT2D eigenvalue weighted by Gasteiger charge is -2.01. The Kier molecular flexibility index (Phi) is 4.17. The smallest absolute Gasteiger partial charge is 0.248 e. The normalized spacial score (nSPS) is 10.7. The van der Waals surface area contributed by atoms with Gasteiger partial charge in [-0.2, -0.15) is 0 Å². The van der Waals surface area contributed by atoms with Crippen LogP contribution in [-0.4, -0.2) is 11.0 Å². The zero-order chi connectivity index (χ0) is 13.0. The number of halogens is 1. The first kappa shape index (κ1) is 12.9. The Balaban J connectivity index is 1.98. The number of carbonyl (C=O) groups excluding carboxylic acids is 1. The van der Waals surface area contributed by atoms with Crippen molar-refractivity contribution in [3.8, 4) is 5.75 Å². The summed E-state index contributed by atoms with van der Waals surface area (Å²) in [6.07, 6.45) is 3.20. The van der Waals surface area contributed by atoms with E-state index in [1.807, 2.05) is 12.1 Å². The van der Waals surface area contributed by atoms with Gasteiger partial charge in [0.25, 0.3) is 0 Å². The molecule has 0 unspecified atom stereocenters. The quantitative estimate of drug-likeness (QED) is 0.842. The molecule has 0 aliphatic heterocycles. The van der Waals surface area contributed by atoms with Crippen LogP contribution < -0.4 is 5.32 Å². The van der Waals surface area contributed by atoms with Crippen molar-refractivity contribution in [2.45, 2.75) is 0 Å². The predicted octanol–water partition coefficient (Wildman–Crippen LogP) is 3.87. The van der Waals surface area contributed by atoms with Crippen molar-refractivity contribution in [3.05, 3.63) is 51.1 Å². The van der Waals surface area contributed by atoms with Gasteiger partial charge in [0.15, 0.2) is 0 Å². The minimum Gasteiger partial charge on any atom is -0.508 e. The van der Waals surface area contributed by atoms with Crippen molar-refractivity contribution in [3.63, 3.8) is 0 Å². The number of aromatic hydroxyl groups is 1. The number of benzene rings is 1. The summed E-state index contributed by atoms with van der Waals surface area (Å²) in [5.74, 6) is -0.107. The fraction of sp³-hybridized carbons (Fsp3) is 0. The molecule has 0 aliphatic carbocycles. The van der Waals surface area contributed by atoms with Gasteiger partial charge >= 0.3 is 0 Å². The lowest BCUT2D eigenvalue weighted by Crippen LogP contribution is -2.07. The van der Waals surface area contributed by atoms with E-state index in [1.54, 1.807) is 35.6 Å². The molecule has 0 bridgehead atoms. The largest absolute Gasteiger partial charge is 0.508 e. The maximum atomic E-state index is 11.6. The third-order valence-corrected chi connectivity index (χ3v) is 3.70. The summed E-state index contributed by atoms with van der Waals surface area (Å²) in [5, 5.41) is 11.9. The molecule has 1 aromatic heterocycles. The van der Waals surface area contributed by atoms with Crippen LogP contribution in [0, 0.1) is 0 Å². The van der Waals surface area contributed by atoms with Crippen LogP contribution in [0.3, 0.4) is 0 Å². The van der Waals surface area contributed by atoms with E-state index in [4.69, 9.17) is 0 Å². The number of rotatable bonds is 3. The second-order valence-electron chi connectivity index (χ2n) is 3.51. The number of hydrogen-bond acceptors (Lipinski definition) is 3. The van der Waals surface area contributed by atoms with E-state index in [9.17, 15) is 9.90 Å². The van der Waals surface area contributed by atoms with Gasteiger partial charge in [-0.1, -0.05) is 6.07 Å². The number of phenols is 1. The standard InChI is InChI=1S/C13H10BrNO2S/c14-12-6-4-11(18-12)5-7-13(17)15-9-2-1-3-10(16)8-9/h1-8,16H,(H,15,17)/b7-5+. The predicted molar refractivity (Wildman–Crippen MR) is 77.8 cm³/mol. The first-order valence-electron chi connectivity index (χ1n) is 5.17. The first-order chi connectivity index (χ1) is 8.63. The average molecular weight is 324 g/mol. The van der Waals surface area contributed by atoms with Crippen LogP contribution in [-0.2, 0) is 4.79 Å². The monoisotopic (exact) mass is 323 g/mol. The lowest BCUT2D eigenvalue weighted by molar-refractivity contribution is -0.111. The molecule has 2 N–H and O–H groups in total. The SMILES string of the molecule is O=C(/C=C/c1ccc(Br)s1)Nc1cccc(O)c1. The molecule has 18 heavy (non-hydrogen) atoms. The summed E-state index contributed by atoms with van der Waals surface area (Å²) in [6, 6.07) is 10.3. The fourth-order valence-corrected chi connectivity index (χ4v) is 2.67. The molecule has 0 aliphatic rings. The second kappa shape index (κ2) is 5.84. The van der Waals surface area contributed by atoms with Crippen molar-refractivity contribution in [2.24, 2.45) is 0 Å². The highest BCUT2D eigenvalue weighted by Crippen LogP contribution is 2.23. The fourth-order valence-electron chi connectivity index (χ4n) is 1.34. The van der Waals surface area contributed by atoms with Gasteiger partial charge in [-0.05, 0) is 46.3 Å². The summed E-state index contributed by atoms with van der Waals surface area (Å²) in [4.78, 5) is 12.6. The maximum Gasteiger partial charge on any atom is 0.248 e. The Morgan fingerprint density at radius 2 is 2.17 bits per heavy atom. The second-order valence-corrected chi connectivity index (χ2v) is 6.01. The van der Waals surface area contributed by atoms with E-state index in [1.165, 1.54) is 12.1 Å². The van der Waals surface area contributed by atoms with Crippen molar-refractivity contribution < 1.29 is 9.90 Å². The molecule has 1 aromatic carbocycles. The lowest BCUT2D eigenvalue weighted by atomic mass is 10.3. The molecular weight excluding hydrogens is 314 g/mol. The number of amides is 1. The van der Waals surface area contributed by atoms with E-state index in [-0.39, 0.29) is 11.7 Å². The molecule has 0 radical (unpaired) electrons. The number of thiophene rings is 1. The van der Waals surface area contributed by atoms with Gasteiger partial charge < -0.3 is 10.4 Å². The molecule has 92 valence electrons. The van der Waals surface area contributed by atoms with Crippen LogP contribution in [0.4, 0.5) is 5.69 Å². The molecule has 3 nitrogen and oxygen atoms in total. The van der Waals surface area contributed by atoms with Crippen LogP contribution in [0.5, 0.6) is 5.75 Å².